The fraction of sp³-hybridized carbons (Fsp3) is 0.613. The van der Waals surface area contributed by atoms with Crippen LogP contribution in [-0.2, 0) is 50.0 Å². The summed E-state index contributed by atoms with van der Waals surface area (Å²) in [4.78, 5) is 52.2. The average molecular weight is 602 g/mol. The molecule has 4 aliphatic rings. The van der Waals surface area contributed by atoms with E-state index in [2.05, 4.69) is 4.90 Å². The van der Waals surface area contributed by atoms with Crippen LogP contribution in [-0.4, -0.2) is 91.1 Å². The Labute approximate surface area is 250 Å². The summed E-state index contributed by atoms with van der Waals surface area (Å²) in [5, 5.41) is 12.3. The predicted molar refractivity (Wildman–Crippen MR) is 149 cm³/mol. The molecule has 1 aromatic rings. The molecule has 2 aliphatic carbocycles. The van der Waals surface area contributed by atoms with Crippen LogP contribution in [0.4, 0.5) is 0 Å². The van der Waals surface area contributed by atoms with E-state index in [0.29, 0.717) is 30.9 Å². The van der Waals surface area contributed by atoms with E-state index in [1.165, 1.54) is 6.92 Å². The zero-order valence-electron chi connectivity index (χ0n) is 25.3. The number of aliphatic hydroxyl groups is 1. The van der Waals surface area contributed by atoms with Crippen molar-refractivity contribution in [3.63, 3.8) is 0 Å². The van der Waals surface area contributed by atoms with Gasteiger partial charge in [0, 0.05) is 24.9 Å². The van der Waals surface area contributed by atoms with Crippen molar-refractivity contribution in [3.8, 4) is 11.5 Å². The van der Waals surface area contributed by atoms with E-state index in [9.17, 15) is 24.3 Å². The highest BCUT2D eigenvalue weighted by Crippen LogP contribution is 2.65. The summed E-state index contributed by atoms with van der Waals surface area (Å²) < 4.78 is 33.2. The maximum Gasteiger partial charge on any atom is 0.348 e. The third-order valence-corrected chi connectivity index (χ3v) is 8.90. The van der Waals surface area contributed by atoms with E-state index in [4.69, 9.17) is 28.4 Å². The maximum absolute atomic E-state index is 13.2. The summed E-state index contributed by atoms with van der Waals surface area (Å²) in [6, 6.07) is 3.66. The van der Waals surface area contributed by atoms with Gasteiger partial charge in [0.25, 0.3) is 0 Å². The van der Waals surface area contributed by atoms with E-state index in [0.717, 1.165) is 18.1 Å². The zero-order chi connectivity index (χ0) is 31.3. The van der Waals surface area contributed by atoms with Gasteiger partial charge in [0.15, 0.2) is 23.7 Å². The minimum absolute atomic E-state index is 0.0818. The lowest BCUT2D eigenvalue weighted by Gasteiger charge is -2.61. The molecule has 0 aromatic heterocycles. The molecule has 0 unspecified atom stereocenters. The molecule has 2 aliphatic heterocycles. The Balaban J connectivity index is 1.36. The maximum atomic E-state index is 13.2. The first-order valence-electron chi connectivity index (χ1n) is 14.6. The number of piperidine rings is 1. The van der Waals surface area contributed by atoms with Crippen LogP contribution in [0.2, 0.25) is 0 Å². The zero-order valence-corrected chi connectivity index (χ0v) is 25.3. The minimum atomic E-state index is -1.65. The molecular formula is C31H39NO11. The van der Waals surface area contributed by atoms with E-state index >= 15 is 0 Å². The first-order valence-corrected chi connectivity index (χ1v) is 14.6. The number of likely N-dealkylation sites (N-methyl/N-ethyl adjacent to an activating group) is 1. The lowest BCUT2D eigenvalue weighted by Crippen LogP contribution is -2.74. The molecule has 234 valence electrons. The second kappa shape index (κ2) is 11.5. The Morgan fingerprint density at radius 1 is 1.14 bits per heavy atom. The van der Waals surface area contributed by atoms with Gasteiger partial charge in [-0.15, -0.1) is 0 Å². The first kappa shape index (κ1) is 30.8. The van der Waals surface area contributed by atoms with Crippen molar-refractivity contribution >= 4 is 23.9 Å². The highest BCUT2D eigenvalue weighted by molar-refractivity contribution is 5.86. The van der Waals surface area contributed by atoms with Crippen molar-refractivity contribution in [2.75, 3.05) is 27.3 Å². The quantitative estimate of drug-likeness (QED) is 0.309. The van der Waals surface area contributed by atoms with E-state index in [-0.39, 0.29) is 30.7 Å². The van der Waals surface area contributed by atoms with Gasteiger partial charge in [0.05, 0.1) is 31.2 Å². The molecule has 1 fully saturated rings. The lowest BCUT2D eigenvalue weighted by atomic mass is 9.50. The van der Waals surface area contributed by atoms with Crippen molar-refractivity contribution in [1.29, 1.82) is 0 Å². The predicted octanol–water partition coefficient (Wildman–Crippen LogP) is 1.97. The van der Waals surface area contributed by atoms with Crippen LogP contribution in [0.1, 0.15) is 58.1 Å². The van der Waals surface area contributed by atoms with Gasteiger partial charge in [-0.25, -0.2) is 9.59 Å². The standard InChI is InChI=1S/C31H39NO11/c1-16(2)15-39-28(35)17(3)40-29(36)22(41-18(4)33)14-24(34)42-21-9-10-31(37)23-13-19-7-8-20(38-6)26-25(19)30(31,27(21)43-26)11-12-32(23)5/h7-9,16-17,22-23,27,37H,10-15H2,1-6H3/t17-,22-,23+,27-,30-,31+/m0/s1. The van der Waals surface area contributed by atoms with Crippen molar-refractivity contribution in [3.05, 3.63) is 35.1 Å². The smallest absolute Gasteiger partial charge is 0.348 e. The number of hydrogen-bond acceptors (Lipinski definition) is 12. The largest absolute Gasteiger partial charge is 0.493 e. The van der Waals surface area contributed by atoms with Crippen molar-refractivity contribution in [2.24, 2.45) is 5.92 Å². The highest BCUT2D eigenvalue weighted by Gasteiger charge is 2.72. The van der Waals surface area contributed by atoms with E-state index < -0.39 is 59.6 Å². The molecule has 1 N–H and O–H groups in total. The van der Waals surface area contributed by atoms with Gasteiger partial charge in [0.2, 0.25) is 6.10 Å². The molecule has 5 rings (SSSR count). The Kier molecular flexibility index (Phi) is 8.21. The molecule has 0 radical (unpaired) electrons. The SMILES string of the molecule is COc1ccc2c3c1O[C@H]1C(OC(=O)C[C@H](OC(C)=O)C(=O)O[C@@H](C)C(=O)OCC(C)C)=CC[C@@]4(O)[C@@H](C2)N(C)CC[C@]314. The van der Waals surface area contributed by atoms with Crippen molar-refractivity contribution in [2.45, 2.75) is 88.7 Å². The molecular weight excluding hydrogens is 562 g/mol. The van der Waals surface area contributed by atoms with Crippen LogP contribution in [0.3, 0.4) is 0 Å². The number of nitrogens with zero attached hydrogens (tertiary/aromatic N) is 1. The van der Waals surface area contributed by atoms with Gasteiger partial charge < -0.3 is 38.4 Å². The molecule has 2 bridgehead atoms. The Hall–Kier alpha value is -3.64. The number of carbonyl (C=O) groups excluding carboxylic acids is 4. The number of benzene rings is 1. The topological polar surface area (TPSA) is 147 Å². The van der Waals surface area contributed by atoms with Gasteiger partial charge in [0.1, 0.15) is 5.76 Å². The third kappa shape index (κ3) is 5.14. The second-order valence-corrected chi connectivity index (χ2v) is 12.2. The van der Waals surface area contributed by atoms with Gasteiger partial charge >= 0.3 is 23.9 Å². The molecule has 0 amide bonds. The number of likely N-dealkylation sites (tertiary alicyclic amines) is 1. The number of esters is 4. The fourth-order valence-electron chi connectivity index (χ4n) is 6.95. The van der Waals surface area contributed by atoms with Crippen LogP contribution in [0, 0.1) is 5.92 Å². The molecule has 0 saturated carbocycles. The molecule has 2 heterocycles. The summed E-state index contributed by atoms with van der Waals surface area (Å²) in [6.45, 7) is 6.97. The van der Waals surface area contributed by atoms with Crippen molar-refractivity contribution in [1.82, 2.24) is 4.90 Å². The summed E-state index contributed by atoms with van der Waals surface area (Å²) in [5.41, 5.74) is -0.141. The Morgan fingerprint density at radius 2 is 1.88 bits per heavy atom. The first-order chi connectivity index (χ1) is 20.3. The highest BCUT2D eigenvalue weighted by atomic mass is 16.6. The molecule has 6 atom stereocenters. The Bertz CT molecular complexity index is 1360. The summed E-state index contributed by atoms with van der Waals surface area (Å²) in [6.07, 6.45) is -1.37. The molecule has 1 aromatic carbocycles. The van der Waals surface area contributed by atoms with Crippen molar-refractivity contribution < 1.29 is 52.7 Å². The lowest BCUT2D eigenvalue weighted by molar-refractivity contribution is -0.180. The van der Waals surface area contributed by atoms with E-state index in [1.807, 2.05) is 33.0 Å². The molecule has 43 heavy (non-hydrogen) atoms. The van der Waals surface area contributed by atoms with Crippen LogP contribution in [0.15, 0.2) is 24.0 Å². The Morgan fingerprint density at radius 3 is 2.56 bits per heavy atom. The normalized spacial score (nSPS) is 28.0. The summed E-state index contributed by atoms with van der Waals surface area (Å²) in [7, 11) is 3.54. The summed E-state index contributed by atoms with van der Waals surface area (Å²) >= 11 is 0. The average Bonchev–Trinajstić information content (AvgIpc) is 3.30. The number of rotatable bonds is 10. The third-order valence-electron chi connectivity index (χ3n) is 8.90. The number of methoxy groups -OCH3 is 1. The monoisotopic (exact) mass is 601 g/mol. The molecule has 12 heteroatoms. The molecule has 12 nitrogen and oxygen atoms in total. The number of ether oxygens (including phenoxy) is 6. The second-order valence-electron chi connectivity index (χ2n) is 12.2. The van der Waals surface area contributed by atoms with Gasteiger partial charge in [-0.1, -0.05) is 19.9 Å². The van der Waals surface area contributed by atoms with Crippen LogP contribution >= 0.6 is 0 Å². The number of carbonyl (C=O) groups is 4. The van der Waals surface area contributed by atoms with Crippen LogP contribution < -0.4 is 9.47 Å². The molecule has 1 saturated heterocycles. The number of hydrogen-bond donors (Lipinski definition) is 1. The minimum Gasteiger partial charge on any atom is -0.493 e. The van der Waals surface area contributed by atoms with Gasteiger partial charge in [-0.05, 0) is 57.0 Å². The van der Waals surface area contributed by atoms with E-state index in [1.54, 1.807) is 13.2 Å². The fourth-order valence-corrected chi connectivity index (χ4v) is 6.95. The molecule has 1 spiro atoms. The van der Waals surface area contributed by atoms with Crippen LogP contribution in [0.25, 0.3) is 0 Å². The summed E-state index contributed by atoms with van der Waals surface area (Å²) in [5.74, 6) is -2.22. The van der Waals surface area contributed by atoms with Crippen LogP contribution in [0.5, 0.6) is 11.5 Å². The van der Waals surface area contributed by atoms with Gasteiger partial charge in [-0.2, -0.15) is 0 Å². The van der Waals surface area contributed by atoms with Gasteiger partial charge in [-0.3, -0.25) is 9.59 Å².